The molecule has 0 spiro atoms. The molecule has 28 heavy (non-hydrogen) atoms. The van der Waals surface area contributed by atoms with Gasteiger partial charge in [0.05, 0.1) is 28.6 Å². The number of fused-ring (bicyclic) bond motifs is 2. The number of hydrogen-bond donors (Lipinski definition) is 0. The third-order valence-electron chi connectivity index (χ3n) is 4.56. The number of benzene rings is 2. The first kappa shape index (κ1) is 17.8. The van der Waals surface area contributed by atoms with Crippen LogP contribution in [-0.2, 0) is 6.42 Å². The second-order valence-electron chi connectivity index (χ2n) is 6.43. The molecule has 0 saturated carbocycles. The lowest BCUT2D eigenvalue weighted by molar-refractivity contribution is -0.384. The van der Waals surface area contributed by atoms with Gasteiger partial charge in [0.25, 0.3) is 5.69 Å². The Morgan fingerprint density at radius 2 is 1.75 bits per heavy atom. The van der Waals surface area contributed by atoms with Crippen molar-refractivity contribution >= 4 is 27.6 Å². The van der Waals surface area contributed by atoms with E-state index < -0.39 is 10.5 Å². The SMILES string of the molecule is O=c1ccc2c(OCCCCc3ccc([N+](=O)[O-])cc3)c3ccoc3cc2o1. The van der Waals surface area contributed by atoms with Crippen LogP contribution in [-0.4, -0.2) is 11.5 Å². The zero-order valence-corrected chi connectivity index (χ0v) is 14.9. The van der Waals surface area contributed by atoms with Crippen molar-refractivity contribution < 1.29 is 18.5 Å². The Morgan fingerprint density at radius 1 is 0.964 bits per heavy atom. The Morgan fingerprint density at radius 3 is 2.54 bits per heavy atom. The first-order valence-electron chi connectivity index (χ1n) is 8.92. The number of ether oxygens (including phenoxy) is 1. The molecule has 2 heterocycles. The summed E-state index contributed by atoms with van der Waals surface area (Å²) in [5.74, 6) is 0.639. The fraction of sp³-hybridized carbons (Fsp3) is 0.190. The normalized spacial score (nSPS) is 11.1. The van der Waals surface area contributed by atoms with E-state index in [2.05, 4.69) is 0 Å². The summed E-state index contributed by atoms with van der Waals surface area (Å²) in [5.41, 5.74) is 1.75. The van der Waals surface area contributed by atoms with Crippen molar-refractivity contribution in [2.24, 2.45) is 0 Å². The van der Waals surface area contributed by atoms with Crippen LogP contribution in [0.5, 0.6) is 5.75 Å². The van der Waals surface area contributed by atoms with Crippen molar-refractivity contribution in [1.29, 1.82) is 0 Å². The second-order valence-corrected chi connectivity index (χ2v) is 6.43. The molecule has 0 unspecified atom stereocenters. The molecule has 0 saturated heterocycles. The average Bonchev–Trinajstić information content (AvgIpc) is 3.15. The Balaban J connectivity index is 1.42. The van der Waals surface area contributed by atoms with Crippen LogP contribution in [0.25, 0.3) is 21.9 Å². The fourth-order valence-corrected chi connectivity index (χ4v) is 3.16. The number of non-ortho nitro benzene ring substituents is 1. The van der Waals surface area contributed by atoms with E-state index in [-0.39, 0.29) is 5.69 Å². The smallest absolute Gasteiger partial charge is 0.336 e. The van der Waals surface area contributed by atoms with Crippen molar-refractivity contribution in [1.82, 2.24) is 0 Å². The summed E-state index contributed by atoms with van der Waals surface area (Å²) in [4.78, 5) is 21.8. The molecule has 0 aliphatic carbocycles. The van der Waals surface area contributed by atoms with E-state index in [0.717, 1.165) is 35.6 Å². The van der Waals surface area contributed by atoms with E-state index in [9.17, 15) is 14.9 Å². The summed E-state index contributed by atoms with van der Waals surface area (Å²) in [5, 5.41) is 12.2. The van der Waals surface area contributed by atoms with Crippen LogP contribution >= 0.6 is 0 Å². The van der Waals surface area contributed by atoms with Crippen molar-refractivity contribution in [2.75, 3.05) is 6.61 Å². The van der Waals surface area contributed by atoms with Crippen molar-refractivity contribution in [3.63, 3.8) is 0 Å². The quantitative estimate of drug-likeness (QED) is 0.197. The predicted molar refractivity (Wildman–Crippen MR) is 104 cm³/mol. The van der Waals surface area contributed by atoms with Gasteiger partial charge >= 0.3 is 5.63 Å². The van der Waals surface area contributed by atoms with Gasteiger partial charge in [-0.2, -0.15) is 0 Å². The van der Waals surface area contributed by atoms with Crippen molar-refractivity contribution in [3.05, 3.63) is 80.9 Å². The molecular weight excluding hydrogens is 362 g/mol. The van der Waals surface area contributed by atoms with Gasteiger partial charge in [-0.1, -0.05) is 12.1 Å². The maximum Gasteiger partial charge on any atom is 0.336 e. The van der Waals surface area contributed by atoms with Gasteiger partial charge in [-0.05, 0) is 37.0 Å². The standard InChI is InChI=1S/C21H17NO6/c23-20-9-8-16-19(28-20)13-18-17(10-12-26-18)21(16)27-11-2-1-3-14-4-6-15(7-5-14)22(24)25/h4-10,12-13H,1-3,11H2. The number of furan rings is 1. The molecule has 0 bridgehead atoms. The van der Waals surface area contributed by atoms with Gasteiger partial charge in [-0.15, -0.1) is 0 Å². The number of rotatable bonds is 7. The van der Waals surface area contributed by atoms with Crippen LogP contribution in [0.15, 0.2) is 68.4 Å². The number of nitro groups is 1. The third-order valence-corrected chi connectivity index (χ3v) is 4.56. The Labute approximate surface area is 159 Å². The minimum atomic E-state index is -0.424. The first-order chi connectivity index (χ1) is 13.6. The summed E-state index contributed by atoms with van der Waals surface area (Å²) in [6.45, 7) is 0.492. The van der Waals surface area contributed by atoms with Crippen LogP contribution in [0.4, 0.5) is 5.69 Å². The topological polar surface area (TPSA) is 95.7 Å². The molecule has 0 N–H and O–H groups in total. The summed E-state index contributed by atoms with van der Waals surface area (Å²) < 4.78 is 16.7. The first-order valence-corrected chi connectivity index (χ1v) is 8.92. The maximum absolute atomic E-state index is 11.5. The minimum Gasteiger partial charge on any atom is -0.492 e. The van der Waals surface area contributed by atoms with Crippen LogP contribution < -0.4 is 10.4 Å². The zero-order chi connectivity index (χ0) is 19.5. The minimum absolute atomic E-state index is 0.0961. The molecule has 7 heteroatoms. The summed E-state index contributed by atoms with van der Waals surface area (Å²) in [6, 6.07) is 13.2. The van der Waals surface area contributed by atoms with Gasteiger partial charge in [-0.25, -0.2) is 4.79 Å². The van der Waals surface area contributed by atoms with Crippen molar-refractivity contribution in [3.8, 4) is 5.75 Å². The molecule has 7 nitrogen and oxygen atoms in total. The molecular formula is C21H17NO6. The van der Waals surface area contributed by atoms with Crippen LogP contribution in [0.2, 0.25) is 0 Å². The summed E-state index contributed by atoms with van der Waals surface area (Å²) in [6.07, 6.45) is 4.08. The molecule has 142 valence electrons. The summed E-state index contributed by atoms with van der Waals surface area (Å²) >= 11 is 0. The molecule has 2 aromatic carbocycles. The highest BCUT2D eigenvalue weighted by Gasteiger charge is 2.13. The van der Waals surface area contributed by atoms with Crippen LogP contribution in [0, 0.1) is 10.1 Å². The van der Waals surface area contributed by atoms with Gasteiger partial charge in [-0.3, -0.25) is 10.1 Å². The van der Waals surface area contributed by atoms with E-state index in [1.807, 2.05) is 6.07 Å². The number of aryl methyl sites for hydroxylation is 1. The number of nitro benzene ring substituents is 1. The fourth-order valence-electron chi connectivity index (χ4n) is 3.16. The van der Waals surface area contributed by atoms with Gasteiger partial charge in [0.2, 0.25) is 0 Å². The highest BCUT2D eigenvalue weighted by Crippen LogP contribution is 2.35. The monoisotopic (exact) mass is 379 g/mol. The lowest BCUT2D eigenvalue weighted by atomic mass is 10.1. The molecule has 0 aliphatic heterocycles. The molecule has 0 radical (unpaired) electrons. The molecule has 0 amide bonds. The highest BCUT2D eigenvalue weighted by atomic mass is 16.6. The van der Waals surface area contributed by atoms with E-state index in [4.69, 9.17) is 13.6 Å². The predicted octanol–water partition coefficient (Wildman–Crippen LogP) is 4.85. The van der Waals surface area contributed by atoms with Gasteiger partial charge < -0.3 is 13.6 Å². The molecule has 0 atom stereocenters. The molecule has 0 fully saturated rings. The maximum atomic E-state index is 11.5. The van der Waals surface area contributed by atoms with Crippen LogP contribution in [0.1, 0.15) is 18.4 Å². The second kappa shape index (κ2) is 7.56. The molecule has 0 aliphatic rings. The lowest BCUT2D eigenvalue weighted by Gasteiger charge is -2.10. The lowest BCUT2D eigenvalue weighted by Crippen LogP contribution is -2.01. The third kappa shape index (κ3) is 3.59. The average molecular weight is 379 g/mol. The van der Waals surface area contributed by atoms with E-state index in [0.29, 0.717) is 23.5 Å². The number of nitrogens with zero attached hydrogens (tertiary/aromatic N) is 1. The molecule has 4 rings (SSSR count). The summed E-state index contributed by atoms with van der Waals surface area (Å²) in [7, 11) is 0. The number of unbranched alkanes of at least 4 members (excludes halogenated alkanes) is 1. The number of hydrogen-bond acceptors (Lipinski definition) is 6. The van der Waals surface area contributed by atoms with Crippen molar-refractivity contribution in [2.45, 2.75) is 19.3 Å². The highest BCUT2D eigenvalue weighted by molar-refractivity contribution is 6.01. The van der Waals surface area contributed by atoms with Crippen LogP contribution in [0.3, 0.4) is 0 Å². The Hall–Kier alpha value is -3.61. The van der Waals surface area contributed by atoms with E-state index >= 15 is 0 Å². The van der Waals surface area contributed by atoms with E-state index in [1.54, 1.807) is 30.5 Å². The van der Waals surface area contributed by atoms with Gasteiger partial charge in [0.1, 0.15) is 16.9 Å². The molecule has 4 aromatic rings. The molecule has 2 aromatic heterocycles. The van der Waals surface area contributed by atoms with Gasteiger partial charge in [0, 0.05) is 24.3 Å². The Kier molecular flexibility index (Phi) is 4.80. The van der Waals surface area contributed by atoms with Gasteiger partial charge in [0.15, 0.2) is 0 Å². The zero-order valence-electron chi connectivity index (χ0n) is 14.9. The van der Waals surface area contributed by atoms with E-state index in [1.165, 1.54) is 18.2 Å². The Bertz CT molecular complexity index is 1190. The largest absolute Gasteiger partial charge is 0.492 e.